The van der Waals surface area contributed by atoms with Crippen LogP contribution in [0.1, 0.15) is 20.8 Å². The van der Waals surface area contributed by atoms with E-state index in [1.54, 1.807) is 35.0 Å². The van der Waals surface area contributed by atoms with E-state index < -0.39 is 150 Å². The molecular formula is C54H22BF20NO3. The second-order valence-corrected chi connectivity index (χ2v) is 16.7. The van der Waals surface area contributed by atoms with E-state index in [0.29, 0.717) is 17.0 Å². The first-order valence-corrected chi connectivity index (χ1v) is 22.0. The number of hydrogen-bond donors (Lipinski definition) is 0. The largest absolute Gasteiger partial charge is 0.419 e. The second kappa shape index (κ2) is 21.8. The third kappa shape index (κ3) is 9.45. The lowest BCUT2D eigenvalue weighted by Gasteiger charge is -2.44. The van der Waals surface area contributed by atoms with E-state index >= 15 is 35.1 Å². The van der Waals surface area contributed by atoms with Gasteiger partial charge in [0.25, 0.3) is 5.69 Å². The average molecular weight is 1120 g/mol. The number of ether oxygens (including phenoxy) is 1. The van der Waals surface area contributed by atoms with Gasteiger partial charge in [-0.25, -0.2) is 92.6 Å². The lowest BCUT2D eigenvalue weighted by atomic mass is 9.12. The predicted octanol–water partition coefficient (Wildman–Crippen LogP) is 11.7. The van der Waals surface area contributed by atoms with Crippen LogP contribution in [0.2, 0.25) is 0 Å². The van der Waals surface area contributed by atoms with Crippen molar-refractivity contribution in [2.45, 2.75) is 6.54 Å². The molecule has 0 atom stereocenters. The fourth-order valence-corrected chi connectivity index (χ4v) is 8.86. The van der Waals surface area contributed by atoms with Crippen molar-refractivity contribution in [1.29, 1.82) is 0 Å². The molecule has 0 saturated carbocycles. The molecule has 0 spiro atoms. The first kappa shape index (κ1) is 56.2. The molecule has 25 heteroatoms. The second-order valence-electron chi connectivity index (χ2n) is 16.7. The highest BCUT2D eigenvalue weighted by atomic mass is 19.2. The molecule has 0 fully saturated rings. The number of benzene rings is 8. The molecule has 79 heavy (non-hydrogen) atoms. The van der Waals surface area contributed by atoms with Crippen LogP contribution >= 0.6 is 0 Å². The van der Waals surface area contributed by atoms with Gasteiger partial charge in [-0.1, -0.05) is 91.0 Å². The summed E-state index contributed by atoms with van der Waals surface area (Å²) in [6.07, 6.45) is -5.45. The fraction of sp³-hybridized carbons (Fsp3) is 0.0185. The Kier molecular flexibility index (Phi) is 15.5. The lowest BCUT2D eigenvalue weighted by Crippen LogP contribution is -2.81. The minimum atomic E-state index is -7.22. The summed E-state index contributed by atoms with van der Waals surface area (Å²) in [5, 5.41) is 1.63. The Balaban J connectivity index is 0.000000216. The minimum absolute atomic E-state index is 0.0340. The number of Topliss-reactive ketones (excluding diaryl/α,β-unsaturated/α-hetero) is 1. The molecule has 1 aromatic heterocycles. The van der Waals surface area contributed by atoms with Crippen LogP contribution in [0, 0.1) is 116 Å². The number of rotatable bonds is 10. The molecule has 0 saturated heterocycles. The molecule has 0 bridgehead atoms. The van der Waals surface area contributed by atoms with Gasteiger partial charge < -0.3 is 4.74 Å². The summed E-state index contributed by atoms with van der Waals surface area (Å²) in [5.74, 6) is -71.6. The van der Waals surface area contributed by atoms with Crippen molar-refractivity contribution in [3.8, 4) is 16.9 Å². The van der Waals surface area contributed by atoms with E-state index in [1.807, 2.05) is 91.0 Å². The first-order valence-electron chi connectivity index (χ1n) is 22.0. The summed E-state index contributed by atoms with van der Waals surface area (Å²) >= 11 is 0. The van der Waals surface area contributed by atoms with E-state index in [0.717, 1.165) is 21.9 Å². The van der Waals surface area contributed by atoms with Crippen molar-refractivity contribution in [3.63, 3.8) is 0 Å². The molecule has 0 aliphatic heterocycles. The Morgan fingerprint density at radius 2 is 0.671 bits per heavy atom. The topological polar surface area (TPSA) is 47.2 Å². The first-order chi connectivity index (χ1) is 37.4. The molecule has 8 aromatic carbocycles. The standard InChI is InChI=1S/C30H22NO3.C24BF20/c32-28(25-12-5-2-6-13-25)21-31-20-19-24-11-7-8-14-27(24)29(31)30(33)34-26-17-15-23(16-18-26)22-9-3-1-4-10-22;26-5-1(6(27)14(35)21(42)13(5)34)25(2-7(28)15(36)22(43)16(37)8(2)29,3-9(30)17(38)23(44)18(39)10(3)31)4-11(32)19(40)24(45)20(41)12(4)33/h1-20H,21H2;/q+1;-1. The van der Waals surface area contributed by atoms with Gasteiger partial charge in [0, 0.05) is 11.6 Å². The minimum Gasteiger partial charge on any atom is -0.419 e. The molecular weight excluding hydrogens is 1100 g/mol. The van der Waals surface area contributed by atoms with Crippen LogP contribution in [0.5, 0.6) is 5.75 Å². The van der Waals surface area contributed by atoms with Crippen molar-refractivity contribution in [1.82, 2.24) is 0 Å². The molecule has 404 valence electrons. The SMILES string of the molecule is Fc1c(F)c(F)c([B-](c2c(F)c(F)c(F)c(F)c2F)(c2c(F)c(F)c(F)c(F)c2F)c2c(F)c(F)c(F)c(F)c2F)c(F)c1F.O=C(C[n+]1ccc2ccccc2c1C(=O)Oc1ccc(-c2ccccc2)cc1)c1ccccc1. The van der Waals surface area contributed by atoms with Gasteiger partial charge in [-0.15, -0.1) is 21.9 Å². The van der Waals surface area contributed by atoms with Crippen molar-refractivity contribution >= 4 is 50.5 Å². The summed E-state index contributed by atoms with van der Waals surface area (Å²) < 4.78 is 301. The average Bonchev–Trinajstić information content (AvgIpc) is 3.09. The van der Waals surface area contributed by atoms with Gasteiger partial charge in [0.2, 0.25) is 12.3 Å². The van der Waals surface area contributed by atoms with Gasteiger partial charge in [0.1, 0.15) is 58.4 Å². The van der Waals surface area contributed by atoms with Gasteiger partial charge in [-0.3, -0.25) is 4.79 Å². The number of hydrogen-bond acceptors (Lipinski definition) is 3. The molecule has 4 nitrogen and oxygen atoms in total. The molecule has 0 unspecified atom stereocenters. The molecule has 0 radical (unpaired) electrons. The number of fused-ring (bicyclic) bond motifs is 1. The molecule has 0 aliphatic rings. The maximum absolute atomic E-state index is 15.4. The van der Waals surface area contributed by atoms with Crippen LogP contribution in [0.25, 0.3) is 21.9 Å². The molecule has 9 rings (SSSR count). The van der Waals surface area contributed by atoms with Gasteiger partial charge >= 0.3 is 5.97 Å². The van der Waals surface area contributed by atoms with Crippen LogP contribution in [0.3, 0.4) is 0 Å². The Morgan fingerprint density at radius 1 is 0.354 bits per heavy atom. The number of carbonyl (C=O) groups is 2. The quantitative estimate of drug-likeness (QED) is 0.0200. The maximum Gasteiger partial charge on any atom is 0.409 e. The Labute approximate surface area is 428 Å². The van der Waals surface area contributed by atoms with Crippen LogP contribution in [-0.2, 0) is 6.54 Å². The third-order valence-electron chi connectivity index (χ3n) is 12.4. The zero-order valence-electron chi connectivity index (χ0n) is 38.6. The highest BCUT2D eigenvalue weighted by Crippen LogP contribution is 2.31. The molecule has 0 amide bonds. The monoisotopic (exact) mass is 1120 g/mol. The summed E-state index contributed by atoms with van der Waals surface area (Å²) in [4.78, 5) is 26.3. The van der Waals surface area contributed by atoms with Gasteiger partial charge in [0.05, 0.1) is 5.39 Å². The van der Waals surface area contributed by atoms with Crippen LogP contribution in [-0.4, -0.2) is 17.9 Å². The zero-order valence-corrected chi connectivity index (χ0v) is 38.6. The fourth-order valence-electron chi connectivity index (χ4n) is 8.86. The summed E-state index contributed by atoms with van der Waals surface area (Å²) in [6, 6.07) is 36.0. The van der Waals surface area contributed by atoms with E-state index in [-0.39, 0.29) is 12.3 Å². The number of esters is 1. The summed E-state index contributed by atoms with van der Waals surface area (Å²) in [6.45, 7) is 0.0340. The summed E-state index contributed by atoms with van der Waals surface area (Å²) in [5.41, 5.74) is -11.3. The van der Waals surface area contributed by atoms with E-state index in [1.165, 1.54) is 0 Å². The van der Waals surface area contributed by atoms with Gasteiger partial charge in [-0.2, -0.15) is 4.57 Å². The van der Waals surface area contributed by atoms with Crippen molar-refractivity contribution < 1.29 is 107 Å². The van der Waals surface area contributed by atoms with Crippen molar-refractivity contribution in [3.05, 3.63) is 249 Å². The van der Waals surface area contributed by atoms with E-state index in [9.17, 15) is 62.3 Å². The van der Waals surface area contributed by atoms with Crippen LogP contribution in [0.15, 0.2) is 121 Å². The highest BCUT2D eigenvalue weighted by molar-refractivity contribution is 7.20. The number of ketones is 1. The number of halogens is 20. The zero-order chi connectivity index (χ0) is 57.7. The van der Waals surface area contributed by atoms with Crippen molar-refractivity contribution in [2.75, 3.05) is 0 Å². The number of pyridine rings is 1. The molecule has 0 aliphatic carbocycles. The molecule has 9 aromatic rings. The Morgan fingerprint density at radius 3 is 1.05 bits per heavy atom. The summed E-state index contributed by atoms with van der Waals surface area (Å²) in [7, 11) is 0. The molecule has 1 heterocycles. The smallest absolute Gasteiger partial charge is 0.409 e. The maximum atomic E-state index is 15.4. The van der Waals surface area contributed by atoms with E-state index in [4.69, 9.17) is 4.74 Å². The lowest BCUT2D eigenvalue weighted by molar-refractivity contribution is -0.684. The van der Waals surface area contributed by atoms with E-state index in [2.05, 4.69) is 0 Å². The third-order valence-corrected chi connectivity index (χ3v) is 12.4. The normalized spacial score (nSPS) is 11.4. The number of nitrogens with zero attached hydrogens (tertiary/aromatic N) is 1. The predicted molar refractivity (Wildman–Crippen MR) is 241 cm³/mol. The van der Waals surface area contributed by atoms with Gasteiger partial charge in [-0.05, 0) is 34.7 Å². The Hall–Kier alpha value is -9.03. The van der Waals surface area contributed by atoms with Gasteiger partial charge in [0.15, 0.2) is 76.0 Å². The van der Waals surface area contributed by atoms with Crippen LogP contribution < -0.4 is 31.2 Å². The highest BCUT2D eigenvalue weighted by Gasteiger charge is 2.52. The van der Waals surface area contributed by atoms with Crippen LogP contribution in [0.4, 0.5) is 87.8 Å². The number of carbonyl (C=O) groups excluding carboxylic acids is 2. The van der Waals surface area contributed by atoms with Crippen molar-refractivity contribution in [2.24, 2.45) is 0 Å². The molecule has 0 N–H and O–H groups in total. The number of aromatic nitrogens is 1. The Bertz CT molecular complexity index is 3560.